The number of halogens is 1. The number of nitrogens with one attached hydrogen (secondary N) is 1. The predicted octanol–water partition coefficient (Wildman–Crippen LogP) is 3.66. The minimum absolute atomic E-state index is 0. The van der Waals surface area contributed by atoms with Crippen molar-refractivity contribution in [3.8, 4) is 0 Å². The Bertz CT molecular complexity index is 540. The number of hydrogen-bond acceptors (Lipinski definition) is 4. The molecule has 148 valence electrons. The van der Waals surface area contributed by atoms with Gasteiger partial charge in [0.15, 0.2) is 5.96 Å². The van der Waals surface area contributed by atoms with Crippen LogP contribution in [0.4, 0.5) is 5.00 Å². The first-order valence-electron chi connectivity index (χ1n) is 9.66. The first-order valence-corrected chi connectivity index (χ1v) is 10.5. The third-order valence-corrected chi connectivity index (χ3v) is 6.16. The second-order valence-electron chi connectivity index (χ2n) is 7.04. The molecule has 0 amide bonds. The summed E-state index contributed by atoms with van der Waals surface area (Å²) in [5.74, 6) is 1.09. The van der Waals surface area contributed by atoms with Crippen molar-refractivity contribution >= 4 is 46.3 Å². The van der Waals surface area contributed by atoms with Crippen LogP contribution in [0.25, 0.3) is 0 Å². The second-order valence-corrected chi connectivity index (χ2v) is 7.97. The normalized spacial score (nSPS) is 19.2. The molecule has 1 saturated carbocycles. The average molecular weight is 492 g/mol. The third kappa shape index (κ3) is 5.99. The summed E-state index contributed by atoms with van der Waals surface area (Å²) < 4.78 is 5.55. The number of piperazine rings is 1. The molecule has 0 bridgehead atoms. The molecule has 0 atom stereocenters. The van der Waals surface area contributed by atoms with Crippen molar-refractivity contribution in [3.05, 3.63) is 17.5 Å². The number of aliphatic imine (C=N–C) groups is 1. The Labute approximate surface area is 179 Å². The molecule has 0 spiro atoms. The van der Waals surface area contributed by atoms with Crippen molar-refractivity contribution in [1.29, 1.82) is 0 Å². The minimum atomic E-state index is 0. The Morgan fingerprint density at radius 1 is 1.27 bits per heavy atom. The summed E-state index contributed by atoms with van der Waals surface area (Å²) in [6.07, 6.45) is 3.75. The van der Waals surface area contributed by atoms with Gasteiger partial charge in [0.1, 0.15) is 0 Å². The summed E-state index contributed by atoms with van der Waals surface area (Å²) in [7, 11) is 0. The van der Waals surface area contributed by atoms with E-state index in [2.05, 4.69) is 46.5 Å². The van der Waals surface area contributed by atoms with Crippen LogP contribution in [0.5, 0.6) is 0 Å². The van der Waals surface area contributed by atoms with Gasteiger partial charge in [0.25, 0.3) is 0 Å². The van der Waals surface area contributed by atoms with Crippen molar-refractivity contribution in [3.63, 3.8) is 0 Å². The van der Waals surface area contributed by atoms with Crippen molar-refractivity contribution in [2.75, 3.05) is 57.4 Å². The fraction of sp³-hybridized carbons (Fsp3) is 0.737. The summed E-state index contributed by atoms with van der Waals surface area (Å²) >= 11 is 1.83. The molecule has 3 rings (SSSR count). The molecular formula is C19H33IN4OS. The van der Waals surface area contributed by atoms with Crippen LogP contribution in [0.1, 0.15) is 33.1 Å². The maximum absolute atomic E-state index is 5.55. The van der Waals surface area contributed by atoms with Crippen LogP contribution in [0, 0.1) is 5.41 Å². The van der Waals surface area contributed by atoms with Gasteiger partial charge in [0.2, 0.25) is 0 Å². The van der Waals surface area contributed by atoms with E-state index in [0.29, 0.717) is 5.41 Å². The van der Waals surface area contributed by atoms with Crippen LogP contribution in [0.3, 0.4) is 0 Å². The smallest absolute Gasteiger partial charge is 0.194 e. The summed E-state index contributed by atoms with van der Waals surface area (Å²) in [5, 5.41) is 7.04. The van der Waals surface area contributed by atoms with Crippen molar-refractivity contribution in [2.24, 2.45) is 10.4 Å². The maximum Gasteiger partial charge on any atom is 0.194 e. The maximum atomic E-state index is 5.55. The van der Waals surface area contributed by atoms with Gasteiger partial charge in [-0.1, -0.05) is 0 Å². The Balaban J connectivity index is 0.00000243. The largest absolute Gasteiger partial charge is 0.382 e. The lowest BCUT2D eigenvalue weighted by Gasteiger charge is -2.37. The molecule has 2 fully saturated rings. The van der Waals surface area contributed by atoms with E-state index in [1.807, 2.05) is 11.3 Å². The molecule has 1 N–H and O–H groups in total. The average Bonchev–Trinajstić information content (AvgIpc) is 3.19. The Kier molecular flexibility index (Phi) is 8.96. The number of guanidine groups is 1. The van der Waals surface area contributed by atoms with Gasteiger partial charge in [0, 0.05) is 52.5 Å². The zero-order valence-electron chi connectivity index (χ0n) is 16.1. The number of rotatable bonds is 8. The lowest BCUT2D eigenvalue weighted by atomic mass is 10.0. The molecule has 1 aliphatic carbocycles. The van der Waals surface area contributed by atoms with Crippen LogP contribution in [-0.4, -0.2) is 63.3 Å². The summed E-state index contributed by atoms with van der Waals surface area (Å²) in [6.45, 7) is 12.0. The van der Waals surface area contributed by atoms with Gasteiger partial charge in [-0.25, -0.2) is 0 Å². The molecule has 5 nitrogen and oxygen atoms in total. The monoisotopic (exact) mass is 492 g/mol. The van der Waals surface area contributed by atoms with E-state index in [9.17, 15) is 0 Å². The zero-order chi connectivity index (χ0) is 17.5. The van der Waals surface area contributed by atoms with E-state index in [1.54, 1.807) is 0 Å². The lowest BCUT2D eigenvalue weighted by molar-refractivity contribution is 0.129. The fourth-order valence-corrected chi connectivity index (χ4v) is 4.14. The van der Waals surface area contributed by atoms with Crippen LogP contribution in [0.2, 0.25) is 0 Å². The van der Waals surface area contributed by atoms with Gasteiger partial charge >= 0.3 is 0 Å². The highest BCUT2D eigenvalue weighted by Gasteiger charge is 2.42. The lowest BCUT2D eigenvalue weighted by Crippen LogP contribution is -2.52. The van der Waals surface area contributed by atoms with Gasteiger partial charge in [-0.05, 0) is 56.0 Å². The minimum Gasteiger partial charge on any atom is -0.382 e. The van der Waals surface area contributed by atoms with Gasteiger partial charge in [-0.3, -0.25) is 4.99 Å². The Morgan fingerprint density at radius 3 is 2.62 bits per heavy atom. The van der Waals surface area contributed by atoms with Crippen LogP contribution in [-0.2, 0) is 4.74 Å². The van der Waals surface area contributed by atoms with E-state index >= 15 is 0 Å². The first-order chi connectivity index (χ1) is 12.3. The quantitative estimate of drug-likeness (QED) is 0.260. The number of nitrogens with zero attached hydrogens (tertiary/aromatic N) is 3. The van der Waals surface area contributed by atoms with Crippen LogP contribution >= 0.6 is 35.3 Å². The number of anilines is 1. The molecule has 1 saturated heterocycles. The van der Waals surface area contributed by atoms with Crippen molar-refractivity contribution < 1.29 is 4.74 Å². The molecular weight excluding hydrogens is 459 g/mol. The predicted molar refractivity (Wildman–Crippen MR) is 122 cm³/mol. The number of hydrogen-bond donors (Lipinski definition) is 1. The molecule has 2 heterocycles. The molecule has 0 unspecified atom stereocenters. The molecule has 1 aromatic heterocycles. The zero-order valence-corrected chi connectivity index (χ0v) is 19.2. The first kappa shape index (κ1) is 21.8. The summed E-state index contributed by atoms with van der Waals surface area (Å²) in [4.78, 5) is 9.90. The highest BCUT2D eigenvalue weighted by molar-refractivity contribution is 14.0. The van der Waals surface area contributed by atoms with Gasteiger partial charge in [-0.15, -0.1) is 35.3 Å². The molecule has 7 heteroatoms. The van der Waals surface area contributed by atoms with E-state index in [0.717, 1.165) is 64.9 Å². The molecule has 1 aromatic rings. The molecule has 26 heavy (non-hydrogen) atoms. The third-order valence-electron chi connectivity index (χ3n) is 5.23. The molecule has 2 aliphatic rings. The van der Waals surface area contributed by atoms with Crippen LogP contribution < -0.4 is 10.2 Å². The molecule has 0 radical (unpaired) electrons. The van der Waals surface area contributed by atoms with Gasteiger partial charge in [-0.2, -0.15) is 0 Å². The van der Waals surface area contributed by atoms with E-state index < -0.39 is 0 Å². The van der Waals surface area contributed by atoms with Crippen molar-refractivity contribution in [1.82, 2.24) is 10.2 Å². The van der Waals surface area contributed by atoms with Crippen molar-refractivity contribution in [2.45, 2.75) is 33.1 Å². The van der Waals surface area contributed by atoms with E-state index in [-0.39, 0.29) is 24.0 Å². The highest BCUT2D eigenvalue weighted by atomic mass is 127. The van der Waals surface area contributed by atoms with E-state index in [4.69, 9.17) is 9.73 Å². The standard InChI is InChI=1S/C19H32N4OS.HI/c1-3-20-18(21-16-19(7-8-19)9-14-24-4-2)23-12-10-22(11-13-23)17-6-5-15-25-17;/h5-6,15H,3-4,7-14,16H2,1-2H3,(H,20,21);1H. The summed E-state index contributed by atoms with van der Waals surface area (Å²) in [5.41, 5.74) is 0.411. The van der Waals surface area contributed by atoms with Gasteiger partial charge in [0.05, 0.1) is 5.00 Å². The van der Waals surface area contributed by atoms with Crippen LogP contribution in [0.15, 0.2) is 22.5 Å². The number of ether oxygens (including phenoxy) is 1. The van der Waals surface area contributed by atoms with E-state index in [1.165, 1.54) is 17.8 Å². The highest BCUT2D eigenvalue weighted by Crippen LogP contribution is 2.49. The SMILES string of the molecule is CCNC(=NCC1(CCOCC)CC1)N1CCN(c2cccs2)CC1.I. The molecule has 1 aliphatic heterocycles. The Hall–Kier alpha value is -0.540. The summed E-state index contributed by atoms with van der Waals surface area (Å²) in [6, 6.07) is 4.35. The van der Waals surface area contributed by atoms with Gasteiger partial charge < -0.3 is 19.9 Å². The fourth-order valence-electron chi connectivity index (χ4n) is 3.35. The topological polar surface area (TPSA) is 40.1 Å². The molecule has 0 aromatic carbocycles. The number of thiophene rings is 1. The second kappa shape index (κ2) is 10.7. The Morgan fingerprint density at radius 2 is 2.04 bits per heavy atom.